The van der Waals surface area contributed by atoms with Gasteiger partial charge in [-0.05, 0) is 43.5 Å². The molecule has 1 aromatic rings. The zero-order chi connectivity index (χ0) is 33.6. The summed E-state index contributed by atoms with van der Waals surface area (Å²) < 4.78 is 33.1. The molecule has 1 aromatic carbocycles. The Morgan fingerprint density at radius 2 is 1.81 bits per heavy atom. The van der Waals surface area contributed by atoms with Gasteiger partial charge in [0, 0.05) is 23.8 Å². The van der Waals surface area contributed by atoms with Crippen molar-refractivity contribution in [2.45, 2.75) is 93.3 Å². The average Bonchev–Trinajstić information content (AvgIpc) is 3.69. The number of unbranched alkanes of at least 4 members (excludes halogenated alkanes) is 1. The number of carbonyl (C=O) groups excluding carboxylic acids is 2. The van der Waals surface area contributed by atoms with E-state index in [-0.39, 0.29) is 5.57 Å². The highest BCUT2D eigenvalue weighted by Gasteiger charge is 2.90. The zero-order valence-corrected chi connectivity index (χ0v) is 27.0. The molecule has 47 heavy (non-hydrogen) atoms. The van der Waals surface area contributed by atoms with Crippen LogP contribution in [0.2, 0.25) is 0 Å². The summed E-state index contributed by atoms with van der Waals surface area (Å²) in [6.45, 7) is 10.9. The highest BCUT2D eigenvalue weighted by Crippen LogP contribution is 2.73. The van der Waals surface area contributed by atoms with Gasteiger partial charge in [-0.2, -0.15) is 0 Å². The molecule has 3 N–H and O–H groups in total. The minimum absolute atomic E-state index is 0.230. The summed E-state index contributed by atoms with van der Waals surface area (Å²) in [4.78, 5) is 27.6. The first kappa shape index (κ1) is 32.3. The number of rotatable bonds is 9. The molecule has 12 atom stereocenters. The van der Waals surface area contributed by atoms with E-state index in [0.29, 0.717) is 11.1 Å². The van der Waals surface area contributed by atoms with E-state index in [9.17, 15) is 24.9 Å². The van der Waals surface area contributed by atoms with E-state index in [1.165, 1.54) is 0 Å². The van der Waals surface area contributed by atoms with Crippen molar-refractivity contribution < 1.29 is 48.6 Å². The van der Waals surface area contributed by atoms with Crippen molar-refractivity contribution >= 4 is 11.8 Å². The molecule has 250 valence electrons. The van der Waals surface area contributed by atoms with Crippen LogP contribution >= 0.6 is 0 Å². The summed E-state index contributed by atoms with van der Waals surface area (Å²) in [6.07, 6.45) is 9.87. The summed E-state index contributed by atoms with van der Waals surface area (Å²) in [5, 5.41) is 34.9. The molecule has 10 nitrogen and oxygen atoms in total. The first-order valence-electron chi connectivity index (χ1n) is 16.3. The SMILES string of the molecule is C=C(C)[C@@]12O[C@]3(/C=C/C=C/C=C\CCC)O[C@@H]1[C@@H]1[C@@H]4O[C@]4(CO)[C@@H](O)[C@]4(O)C(=O)C(C)=C[C@H]4[C@@]1(O3)[C@H](C)[C@H]2OC(=O)c1ccccc1. The second-order valence-electron chi connectivity index (χ2n) is 13.8. The Balaban J connectivity index is 1.43. The molecule has 3 aliphatic heterocycles. The lowest BCUT2D eigenvalue weighted by atomic mass is 9.53. The third-order valence-corrected chi connectivity index (χ3v) is 11.2. The fraction of sp³-hybridized carbons (Fsp3) is 0.514. The van der Waals surface area contributed by atoms with Crippen LogP contribution in [0.4, 0.5) is 0 Å². The number of aliphatic hydroxyl groups is 3. The maximum atomic E-state index is 13.8. The van der Waals surface area contributed by atoms with E-state index in [2.05, 4.69) is 19.6 Å². The van der Waals surface area contributed by atoms with Gasteiger partial charge in [0.15, 0.2) is 17.0 Å². The summed E-state index contributed by atoms with van der Waals surface area (Å²) in [6, 6.07) is 8.55. The van der Waals surface area contributed by atoms with Gasteiger partial charge in [-0.25, -0.2) is 4.79 Å². The van der Waals surface area contributed by atoms with Crippen molar-refractivity contribution in [1.29, 1.82) is 0 Å². The summed E-state index contributed by atoms with van der Waals surface area (Å²) >= 11 is 0. The number of fused-ring (bicyclic) bond motifs is 3. The Morgan fingerprint density at radius 1 is 1.09 bits per heavy atom. The highest BCUT2D eigenvalue weighted by molar-refractivity contribution is 6.05. The number of carbonyl (C=O) groups is 2. The molecule has 2 saturated carbocycles. The molecule has 3 aliphatic carbocycles. The van der Waals surface area contributed by atoms with Crippen LogP contribution in [0.1, 0.15) is 50.9 Å². The van der Waals surface area contributed by atoms with Crippen LogP contribution in [0.3, 0.4) is 0 Å². The molecule has 7 rings (SSSR count). The van der Waals surface area contributed by atoms with Crippen molar-refractivity contribution in [1.82, 2.24) is 0 Å². The second kappa shape index (κ2) is 10.9. The number of Topliss-reactive ketones (excluding diaryl/α,β-unsaturated/α-hetero) is 1. The van der Waals surface area contributed by atoms with Crippen LogP contribution in [0.15, 0.2) is 90.6 Å². The maximum absolute atomic E-state index is 13.8. The number of ether oxygens (including phenoxy) is 5. The van der Waals surface area contributed by atoms with Crippen LogP contribution in [-0.4, -0.2) is 86.5 Å². The summed E-state index contributed by atoms with van der Waals surface area (Å²) in [7, 11) is 0. The number of ketones is 1. The van der Waals surface area contributed by atoms with Crippen molar-refractivity contribution in [3.8, 4) is 0 Å². The van der Waals surface area contributed by atoms with Crippen LogP contribution in [0.5, 0.6) is 0 Å². The molecule has 3 bridgehead atoms. The molecular formula is C37H42O10. The number of aliphatic hydroxyl groups excluding tert-OH is 2. The second-order valence-corrected chi connectivity index (χ2v) is 13.8. The Kier molecular flexibility index (Phi) is 7.50. The van der Waals surface area contributed by atoms with Crippen molar-refractivity contribution in [3.63, 3.8) is 0 Å². The Morgan fingerprint density at radius 3 is 2.49 bits per heavy atom. The van der Waals surface area contributed by atoms with Gasteiger partial charge < -0.3 is 39.0 Å². The lowest BCUT2D eigenvalue weighted by molar-refractivity contribution is -0.407. The molecule has 0 unspecified atom stereocenters. The Hall–Kier alpha value is -3.22. The first-order chi connectivity index (χ1) is 22.4. The Bertz CT molecular complexity index is 1610. The molecule has 3 heterocycles. The molecule has 0 radical (unpaired) electrons. The monoisotopic (exact) mass is 646 g/mol. The van der Waals surface area contributed by atoms with E-state index < -0.39 is 88.9 Å². The number of hydrogen-bond donors (Lipinski definition) is 3. The van der Waals surface area contributed by atoms with Crippen LogP contribution in [0, 0.1) is 17.8 Å². The largest absolute Gasteiger partial charge is 0.455 e. The number of hydrogen-bond acceptors (Lipinski definition) is 10. The van der Waals surface area contributed by atoms with Gasteiger partial charge in [0.05, 0.1) is 17.8 Å². The van der Waals surface area contributed by atoms with Gasteiger partial charge in [-0.1, -0.05) is 81.5 Å². The van der Waals surface area contributed by atoms with E-state index in [1.807, 2.05) is 19.1 Å². The molecular weight excluding hydrogens is 604 g/mol. The maximum Gasteiger partial charge on any atom is 0.338 e. The molecule has 0 aromatic heterocycles. The van der Waals surface area contributed by atoms with Crippen LogP contribution in [0.25, 0.3) is 0 Å². The van der Waals surface area contributed by atoms with Gasteiger partial charge in [0.2, 0.25) is 0 Å². The first-order valence-corrected chi connectivity index (χ1v) is 16.3. The normalized spacial score (nSPS) is 46.0. The third kappa shape index (κ3) is 4.10. The van der Waals surface area contributed by atoms with E-state index >= 15 is 0 Å². The van der Waals surface area contributed by atoms with E-state index in [4.69, 9.17) is 23.7 Å². The predicted octanol–water partition coefficient (Wildman–Crippen LogP) is 3.48. The number of allylic oxidation sites excluding steroid dienone is 5. The van der Waals surface area contributed by atoms with Gasteiger partial charge in [0.1, 0.15) is 30.0 Å². The molecule has 6 aliphatic rings. The van der Waals surface area contributed by atoms with E-state index in [1.54, 1.807) is 68.5 Å². The quantitative estimate of drug-likeness (QED) is 0.158. The van der Waals surface area contributed by atoms with E-state index in [0.717, 1.165) is 12.8 Å². The fourth-order valence-electron chi connectivity index (χ4n) is 9.03. The molecule has 3 saturated heterocycles. The smallest absolute Gasteiger partial charge is 0.338 e. The number of benzene rings is 1. The van der Waals surface area contributed by atoms with Crippen molar-refractivity contribution in [2.75, 3.05) is 6.61 Å². The van der Waals surface area contributed by atoms with Gasteiger partial charge in [0.25, 0.3) is 0 Å². The van der Waals surface area contributed by atoms with Gasteiger partial charge in [-0.3, -0.25) is 4.79 Å². The molecule has 5 fully saturated rings. The average molecular weight is 647 g/mol. The van der Waals surface area contributed by atoms with Crippen LogP contribution in [-0.2, 0) is 28.5 Å². The lowest BCUT2D eigenvalue weighted by Gasteiger charge is -2.61. The minimum Gasteiger partial charge on any atom is -0.455 e. The minimum atomic E-state index is -2.42. The lowest BCUT2D eigenvalue weighted by Crippen LogP contribution is -2.76. The van der Waals surface area contributed by atoms with Gasteiger partial charge >= 0.3 is 11.9 Å². The Labute approximate surface area is 274 Å². The third-order valence-electron chi connectivity index (χ3n) is 11.2. The van der Waals surface area contributed by atoms with Crippen molar-refractivity contribution in [3.05, 3.63) is 96.2 Å². The zero-order valence-electron chi connectivity index (χ0n) is 27.0. The highest BCUT2D eigenvalue weighted by atomic mass is 16.9. The van der Waals surface area contributed by atoms with Crippen molar-refractivity contribution in [2.24, 2.45) is 17.8 Å². The van der Waals surface area contributed by atoms with Gasteiger partial charge in [-0.15, -0.1) is 0 Å². The summed E-state index contributed by atoms with van der Waals surface area (Å²) in [5.74, 6) is -5.89. The fourth-order valence-corrected chi connectivity index (χ4v) is 9.03. The molecule has 0 spiro atoms. The molecule has 0 amide bonds. The van der Waals surface area contributed by atoms with Crippen LogP contribution < -0.4 is 0 Å². The topological polar surface area (TPSA) is 144 Å². The predicted molar refractivity (Wildman–Crippen MR) is 169 cm³/mol. The number of esters is 1. The number of epoxide rings is 1. The summed E-state index contributed by atoms with van der Waals surface area (Å²) in [5.41, 5.74) is -6.08. The molecule has 10 heteroatoms. The standard InChI is InChI=1S/C37H42O10/c1-6-7-8-9-10-11-15-18-34-45-30-26-29-33(20-38,44-29)32(41)35(42)25(19-22(4)27(35)39)37(26,47-34)23(5)28(36(30,46-34)21(2)3)43-31(40)24-16-13-12-14-17-24/h8-19,23,25-26,28-30,32,38,41-42H,2,6-7,20H2,1,3-5H3/b9-8-,11-10+,18-15+/t23-,25-,26+,28-,29+,30-,32-,33+,34+,35-,36+,37+/m1/s1.